The summed E-state index contributed by atoms with van der Waals surface area (Å²) in [6.45, 7) is 0. The molecular formula is C6H4BrN2-. The molecule has 3 heteroatoms. The zero-order valence-corrected chi connectivity index (χ0v) is 6.17. The normalized spacial score (nSPS) is 9.00. The Morgan fingerprint density at radius 1 is 1.22 bits per heavy atom. The summed E-state index contributed by atoms with van der Waals surface area (Å²) < 4.78 is 0.981. The lowest BCUT2D eigenvalue weighted by Crippen LogP contribution is -1.61. The van der Waals surface area contributed by atoms with Crippen molar-refractivity contribution >= 4 is 21.6 Å². The van der Waals surface area contributed by atoms with Crippen molar-refractivity contribution in [3.05, 3.63) is 34.3 Å². The van der Waals surface area contributed by atoms with Gasteiger partial charge in [0, 0.05) is 10.2 Å². The number of nitrogens with zero attached hydrogens (tertiary/aromatic N) is 2. The lowest BCUT2D eigenvalue weighted by Gasteiger charge is -1.94. The van der Waals surface area contributed by atoms with Crippen molar-refractivity contribution in [2.24, 2.45) is 5.11 Å². The minimum atomic E-state index is 0.568. The van der Waals surface area contributed by atoms with Crippen LogP contribution in [0.1, 0.15) is 0 Å². The van der Waals surface area contributed by atoms with Gasteiger partial charge in [-0.15, -0.1) is 0 Å². The highest BCUT2D eigenvalue weighted by atomic mass is 79.9. The minimum absolute atomic E-state index is 0.568. The lowest BCUT2D eigenvalue weighted by atomic mass is 10.3. The summed E-state index contributed by atoms with van der Waals surface area (Å²) in [7, 11) is 0. The van der Waals surface area contributed by atoms with Gasteiger partial charge in [-0.1, -0.05) is 15.9 Å². The summed E-state index contributed by atoms with van der Waals surface area (Å²) in [6.07, 6.45) is 0. The second-order valence-corrected chi connectivity index (χ2v) is 2.49. The first-order valence-electron chi connectivity index (χ1n) is 2.43. The van der Waals surface area contributed by atoms with E-state index in [1.54, 1.807) is 12.1 Å². The Balaban J connectivity index is 3.01. The maximum absolute atomic E-state index is 8.24. The van der Waals surface area contributed by atoms with Crippen LogP contribution >= 0.6 is 15.9 Å². The third-order valence-corrected chi connectivity index (χ3v) is 1.47. The second-order valence-electron chi connectivity index (χ2n) is 1.58. The van der Waals surface area contributed by atoms with Crippen LogP contribution in [0.5, 0.6) is 0 Å². The summed E-state index contributed by atoms with van der Waals surface area (Å²) >= 11 is 3.25. The highest BCUT2D eigenvalue weighted by molar-refractivity contribution is 9.10. The van der Waals surface area contributed by atoms with E-state index in [0.29, 0.717) is 5.69 Å². The molecule has 0 radical (unpaired) electrons. The molecule has 0 atom stereocenters. The van der Waals surface area contributed by atoms with Gasteiger partial charge < -0.3 is 10.6 Å². The molecule has 0 saturated heterocycles. The molecule has 0 bridgehead atoms. The summed E-state index contributed by atoms with van der Waals surface area (Å²) in [4.78, 5) is 0. The maximum Gasteiger partial charge on any atom is 0.0396 e. The number of halogens is 1. The molecule has 9 heavy (non-hydrogen) atoms. The van der Waals surface area contributed by atoms with Crippen LogP contribution in [0.2, 0.25) is 0 Å². The Hall–Kier alpha value is -0.700. The van der Waals surface area contributed by atoms with Crippen molar-refractivity contribution in [2.75, 3.05) is 0 Å². The van der Waals surface area contributed by atoms with Gasteiger partial charge in [0.15, 0.2) is 0 Å². The van der Waals surface area contributed by atoms with Crippen molar-refractivity contribution in [3.63, 3.8) is 0 Å². The van der Waals surface area contributed by atoms with Crippen LogP contribution < -0.4 is 0 Å². The van der Waals surface area contributed by atoms with Gasteiger partial charge in [-0.2, -0.15) is 0 Å². The monoisotopic (exact) mass is 183 g/mol. The molecule has 0 aliphatic heterocycles. The minimum Gasteiger partial charge on any atom is -0.706 e. The quantitative estimate of drug-likeness (QED) is 0.601. The third kappa shape index (κ3) is 1.61. The molecule has 0 aliphatic rings. The van der Waals surface area contributed by atoms with Crippen LogP contribution in [-0.4, -0.2) is 0 Å². The molecule has 0 heterocycles. The van der Waals surface area contributed by atoms with Crippen molar-refractivity contribution < 1.29 is 0 Å². The molecule has 1 aromatic carbocycles. The summed E-state index contributed by atoms with van der Waals surface area (Å²) in [6, 6.07) is 7.05. The first-order valence-corrected chi connectivity index (χ1v) is 3.23. The van der Waals surface area contributed by atoms with Crippen LogP contribution in [0, 0.1) is 0 Å². The predicted molar refractivity (Wildman–Crippen MR) is 39.6 cm³/mol. The van der Waals surface area contributed by atoms with E-state index >= 15 is 0 Å². The molecule has 0 aliphatic carbocycles. The zero-order valence-electron chi connectivity index (χ0n) is 4.58. The van der Waals surface area contributed by atoms with Crippen molar-refractivity contribution in [1.82, 2.24) is 0 Å². The SMILES string of the molecule is [N-]=Nc1ccc(Br)cc1. The smallest absolute Gasteiger partial charge is 0.0396 e. The largest absolute Gasteiger partial charge is 0.706 e. The highest BCUT2D eigenvalue weighted by Gasteiger charge is 1.82. The van der Waals surface area contributed by atoms with Gasteiger partial charge >= 0.3 is 0 Å². The van der Waals surface area contributed by atoms with Crippen LogP contribution in [0.15, 0.2) is 33.9 Å². The Morgan fingerprint density at radius 3 is 2.22 bits per heavy atom. The number of rotatable bonds is 1. The molecule has 1 rings (SSSR count). The summed E-state index contributed by atoms with van der Waals surface area (Å²) in [5.41, 5.74) is 8.81. The Labute approximate surface area is 61.5 Å². The van der Waals surface area contributed by atoms with Crippen LogP contribution in [0.3, 0.4) is 0 Å². The average molecular weight is 184 g/mol. The Kier molecular flexibility index (Phi) is 1.95. The van der Waals surface area contributed by atoms with E-state index in [1.807, 2.05) is 12.1 Å². The predicted octanol–water partition coefficient (Wildman–Crippen LogP) is 3.10. The molecule has 46 valence electrons. The molecule has 0 spiro atoms. The van der Waals surface area contributed by atoms with Gasteiger partial charge in [-0.05, 0) is 24.3 Å². The van der Waals surface area contributed by atoms with E-state index in [9.17, 15) is 0 Å². The van der Waals surface area contributed by atoms with Gasteiger partial charge in [0.2, 0.25) is 0 Å². The lowest BCUT2D eigenvalue weighted by molar-refractivity contribution is 1.49. The van der Waals surface area contributed by atoms with E-state index in [-0.39, 0.29) is 0 Å². The third-order valence-electron chi connectivity index (χ3n) is 0.942. The van der Waals surface area contributed by atoms with E-state index in [0.717, 1.165) is 4.47 Å². The summed E-state index contributed by atoms with van der Waals surface area (Å²) in [5.74, 6) is 0. The molecule has 0 amide bonds. The van der Waals surface area contributed by atoms with Gasteiger partial charge in [-0.25, -0.2) is 0 Å². The fraction of sp³-hybridized carbons (Fsp3) is 0. The topological polar surface area (TPSA) is 34.7 Å². The van der Waals surface area contributed by atoms with Crippen LogP contribution in [0.4, 0.5) is 5.69 Å². The average Bonchev–Trinajstić information content (AvgIpc) is 1.90. The molecule has 2 nitrogen and oxygen atoms in total. The molecule has 0 N–H and O–H groups in total. The fourth-order valence-corrected chi connectivity index (χ4v) is 0.772. The van der Waals surface area contributed by atoms with E-state index in [2.05, 4.69) is 21.0 Å². The number of hydrogen-bond acceptors (Lipinski definition) is 1. The maximum atomic E-state index is 8.24. The number of hydrogen-bond donors (Lipinski definition) is 0. The van der Waals surface area contributed by atoms with Crippen LogP contribution in [-0.2, 0) is 0 Å². The molecule has 0 fully saturated rings. The van der Waals surface area contributed by atoms with E-state index < -0.39 is 0 Å². The first kappa shape index (κ1) is 6.42. The zero-order chi connectivity index (χ0) is 6.69. The molecule has 0 unspecified atom stereocenters. The van der Waals surface area contributed by atoms with Crippen molar-refractivity contribution in [1.29, 1.82) is 0 Å². The van der Waals surface area contributed by atoms with Crippen LogP contribution in [0.25, 0.3) is 5.53 Å². The molecule has 0 aromatic heterocycles. The Morgan fingerprint density at radius 2 is 1.78 bits per heavy atom. The molecule has 0 saturated carbocycles. The van der Waals surface area contributed by atoms with Crippen molar-refractivity contribution in [3.8, 4) is 0 Å². The fourth-order valence-electron chi connectivity index (χ4n) is 0.508. The van der Waals surface area contributed by atoms with E-state index in [4.69, 9.17) is 5.53 Å². The first-order chi connectivity index (χ1) is 4.33. The van der Waals surface area contributed by atoms with Gasteiger partial charge in [0.05, 0.1) is 0 Å². The standard InChI is InChI=1S/C6H4BrN2/c7-5-1-3-6(9-8)4-2-5/h1-4H/q-1. The highest BCUT2D eigenvalue weighted by Crippen LogP contribution is 2.15. The Bertz CT molecular complexity index is 205. The number of benzene rings is 1. The van der Waals surface area contributed by atoms with Gasteiger partial charge in [-0.3, -0.25) is 0 Å². The van der Waals surface area contributed by atoms with E-state index in [1.165, 1.54) is 0 Å². The van der Waals surface area contributed by atoms with Gasteiger partial charge in [0.1, 0.15) is 0 Å². The molecular weight excluding hydrogens is 180 g/mol. The summed E-state index contributed by atoms with van der Waals surface area (Å²) in [5, 5.41) is 2.99. The van der Waals surface area contributed by atoms with Crippen molar-refractivity contribution in [2.45, 2.75) is 0 Å². The van der Waals surface area contributed by atoms with Gasteiger partial charge in [0.25, 0.3) is 0 Å². The molecule has 1 aromatic rings. The second kappa shape index (κ2) is 2.73.